The Morgan fingerprint density at radius 1 is 1.40 bits per heavy atom. The third kappa shape index (κ3) is 2.62. The summed E-state index contributed by atoms with van der Waals surface area (Å²) in [4.78, 5) is 24.2. The lowest BCUT2D eigenvalue weighted by atomic mass is 10.0. The number of benzene rings is 1. The average Bonchev–Trinajstić information content (AvgIpc) is 2.79. The van der Waals surface area contributed by atoms with Gasteiger partial charge in [0.2, 0.25) is 5.91 Å². The van der Waals surface area contributed by atoms with Gasteiger partial charge in [0.1, 0.15) is 5.54 Å². The summed E-state index contributed by atoms with van der Waals surface area (Å²) in [6.07, 6.45) is -0.182. The maximum absolute atomic E-state index is 13.5. The van der Waals surface area contributed by atoms with Crippen LogP contribution in [0.2, 0.25) is 0 Å². The molecule has 0 bridgehead atoms. The first-order chi connectivity index (χ1) is 9.33. The molecule has 7 heteroatoms. The number of hydrogen-bond acceptors (Lipinski definition) is 3. The molecule has 0 spiro atoms. The smallest absolute Gasteiger partial charge is 0.325 e. The number of likely N-dealkylation sites (tertiary alicyclic amines) is 1. The first-order valence-electron chi connectivity index (χ1n) is 6.06. The summed E-state index contributed by atoms with van der Waals surface area (Å²) >= 11 is 0. The Bertz CT molecular complexity index is 565. The van der Waals surface area contributed by atoms with Gasteiger partial charge >= 0.3 is 5.97 Å². The first kappa shape index (κ1) is 14.4. The largest absolute Gasteiger partial charge is 0.480 e. The second-order valence-corrected chi connectivity index (χ2v) is 4.92. The zero-order valence-corrected chi connectivity index (χ0v) is 10.6. The van der Waals surface area contributed by atoms with E-state index < -0.39 is 29.0 Å². The van der Waals surface area contributed by atoms with Crippen LogP contribution < -0.4 is 5.73 Å². The van der Waals surface area contributed by atoms with Crippen molar-refractivity contribution < 1.29 is 23.5 Å². The van der Waals surface area contributed by atoms with Gasteiger partial charge in [-0.05, 0) is 12.5 Å². The molecule has 108 valence electrons. The Morgan fingerprint density at radius 3 is 2.70 bits per heavy atom. The fourth-order valence-electron chi connectivity index (χ4n) is 2.18. The molecule has 0 radical (unpaired) electrons. The highest BCUT2D eigenvalue weighted by molar-refractivity contribution is 5.84. The van der Waals surface area contributed by atoms with Crippen molar-refractivity contribution in [2.45, 2.75) is 18.4 Å². The molecule has 1 amide bonds. The molecule has 1 heterocycles. The van der Waals surface area contributed by atoms with Gasteiger partial charge in [0, 0.05) is 18.7 Å². The molecule has 1 aromatic rings. The quantitative estimate of drug-likeness (QED) is 0.847. The number of carboxylic acid groups (broad SMARTS) is 1. The van der Waals surface area contributed by atoms with Gasteiger partial charge < -0.3 is 15.7 Å². The molecule has 1 aliphatic rings. The van der Waals surface area contributed by atoms with Gasteiger partial charge in [0.25, 0.3) is 0 Å². The molecule has 0 saturated carbocycles. The highest BCUT2D eigenvalue weighted by atomic mass is 19.2. The molecule has 1 fully saturated rings. The molecule has 1 atom stereocenters. The number of carboxylic acids is 1. The van der Waals surface area contributed by atoms with Gasteiger partial charge in [-0.2, -0.15) is 0 Å². The summed E-state index contributed by atoms with van der Waals surface area (Å²) in [5.74, 6) is -3.72. The molecule has 5 nitrogen and oxygen atoms in total. The molecule has 1 aromatic carbocycles. The van der Waals surface area contributed by atoms with Crippen molar-refractivity contribution in [1.29, 1.82) is 0 Å². The van der Waals surface area contributed by atoms with E-state index >= 15 is 0 Å². The number of nitrogens with two attached hydrogens (primary N) is 1. The van der Waals surface area contributed by atoms with Gasteiger partial charge in [-0.1, -0.05) is 12.1 Å². The molecule has 0 aromatic heterocycles. The number of aliphatic carboxylic acids is 1. The molecular weight excluding hydrogens is 270 g/mol. The van der Waals surface area contributed by atoms with Crippen LogP contribution in [-0.2, 0) is 16.0 Å². The summed E-state index contributed by atoms with van der Waals surface area (Å²) in [5, 5.41) is 8.97. The molecule has 20 heavy (non-hydrogen) atoms. The number of amides is 1. The van der Waals surface area contributed by atoms with Crippen molar-refractivity contribution in [2.75, 3.05) is 13.1 Å². The highest BCUT2D eigenvalue weighted by Gasteiger charge is 2.42. The standard InChI is InChI=1S/C13H14F2N2O3/c14-9-3-1-2-8(11(9)15)6-10(18)17-5-4-13(16,7-17)12(19)20/h1-3H,4-7,16H2,(H,19,20). The Labute approximate surface area is 114 Å². The van der Waals surface area contributed by atoms with E-state index in [2.05, 4.69) is 0 Å². The molecule has 1 saturated heterocycles. The molecule has 2 rings (SSSR count). The molecule has 0 aliphatic carbocycles. The van der Waals surface area contributed by atoms with E-state index in [0.717, 1.165) is 6.07 Å². The van der Waals surface area contributed by atoms with E-state index in [-0.39, 0.29) is 31.5 Å². The Kier molecular flexibility index (Phi) is 3.71. The molecule has 3 N–H and O–H groups in total. The maximum Gasteiger partial charge on any atom is 0.325 e. The van der Waals surface area contributed by atoms with Crippen molar-refractivity contribution in [1.82, 2.24) is 4.90 Å². The van der Waals surface area contributed by atoms with E-state index in [1.807, 2.05) is 0 Å². The van der Waals surface area contributed by atoms with Crippen molar-refractivity contribution in [3.8, 4) is 0 Å². The minimum absolute atomic E-state index is 0.0557. The van der Waals surface area contributed by atoms with Gasteiger partial charge in [-0.3, -0.25) is 9.59 Å². The van der Waals surface area contributed by atoms with Crippen LogP contribution in [0.25, 0.3) is 0 Å². The van der Waals surface area contributed by atoms with Gasteiger partial charge in [0.05, 0.1) is 6.42 Å². The minimum Gasteiger partial charge on any atom is -0.480 e. The predicted molar refractivity (Wildman–Crippen MR) is 65.8 cm³/mol. The van der Waals surface area contributed by atoms with Gasteiger partial charge in [-0.25, -0.2) is 8.78 Å². The van der Waals surface area contributed by atoms with Crippen LogP contribution in [0.3, 0.4) is 0 Å². The normalized spacial score (nSPS) is 22.1. The Balaban J connectivity index is 2.07. The van der Waals surface area contributed by atoms with Crippen LogP contribution in [0.4, 0.5) is 8.78 Å². The summed E-state index contributed by atoms with van der Waals surface area (Å²) in [6.45, 7) is 0.0661. The number of rotatable bonds is 3. The summed E-state index contributed by atoms with van der Waals surface area (Å²) in [6, 6.07) is 3.60. The van der Waals surface area contributed by atoms with Crippen molar-refractivity contribution in [3.63, 3.8) is 0 Å². The molecule has 1 unspecified atom stereocenters. The van der Waals surface area contributed by atoms with Crippen molar-refractivity contribution in [3.05, 3.63) is 35.4 Å². The van der Waals surface area contributed by atoms with Gasteiger partial charge in [0.15, 0.2) is 11.6 Å². The van der Waals surface area contributed by atoms with Crippen molar-refractivity contribution in [2.24, 2.45) is 5.73 Å². The van der Waals surface area contributed by atoms with E-state index in [1.165, 1.54) is 17.0 Å². The Hall–Kier alpha value is -2.02. The van der Waals surface area contributed by atoms with E-state index in [4.69, 9.17) is 10.8 Å². The zero-order chi connectivity index (χ0) is 14.9. The van der Waals surface area contributed by atoms with Crippen LogP contribution in [0.15, 0.2) is 18.2 Å². The highest BCUT2D eigenvalue weighted by Crippen LogP contribution is 2.21. The third-order valence-corrected chi connectivity index (χ3v) is 3.45. The monoisotopic (exact) mass is 284 g/mol. The number of carbonyl (C=O) groups excluding carboxylic acids is 1. The lowest BCUT2D eigenvalue weighted by Gasteiger charge is -2.20. The second kappa shape index (κ2) is 5.16. The lowest BCUT2D eigenvalue weighted by molar-refractivity contribution is -0.143. The van der Waals surface area contributed by atoms with Crippen LogP contribution in [0.1, 0.15) is 12.0 Å². The summed E-state index contributed by atoms with van der Waals surface area (Å²) in [7, 11) is 0. The maximum atomic E-state index is 13.5. The van der Waals surface area contributed by atoms with E-state index in [9.17, 15) is 18.4 Å². The van der Waals surface area contributed by atoms with Gasteiger partial charge in [-0.15, -0.1) is 0 Å². The van der Waals surface area contributed by atoms with Crippen LogP contribution in [0.5, 0.6) is 0 Å². The number of carbonyl (C=O) groups is 2. The second-order valence-electron chi connectivity index (χ2n) is 4.92. The lowest BCUT2D eigenvalue weighted by Crippen LogP contribution is -2.50. The molecular formula is C13H14F2N2O3. The van der Waals surface area contributed by atoms with Crippen LogP contribution in [-0.4, -0.2) is 40.5 Å². The average molecular weight is 284 g/mol. The first-order valence-corrected chi connectivity index (χ1v) is 6.06. The van der Waals surface area contributed by atoms with E-state index in [0.29, 0.717) is 0 Å². The third-order valence-electron chi connectivity index (χ3n) is 3.45. The predicted octanol–water partition coefficient (Wildman–Crippen LogP) is 0.522. The van der Waals surface area contributed by atoms with E-state index in [1.54, 1.807) is 0 Å². The molecule has 1 aliphatic heterocycles. The van der Waals surface area contributed by atoms with Crippen molar-refractivity contribution >= 4 is 11.9 Å². The number of nitrogens with zero attached hydrogens (tertiary/aromatic N) is 1. The fraction of sp³-hybridized carbons (Fsp3) is 0.385. The Morgan fingerprint density at radius 2 is 2.10 bits per heavy atom. The summed E-state index contributed by atoms with van der Waals surface area (Å²) in [5.41, 5.74) is 4.13. The van der Waals surface area contributed by atoms with Crippen LogP contribution in [0, 0.1) is 11.6 Å². The summed E-state index contributed by atoms with van der Waals surface area (Å²) < 4.78 is 26.5. The topological polar surface area (TPSA) is 83.6 Å². The zero-order valence-electron chi connectivity index (χ0n) is 10.6. The SMILES string of the molecule is NC1(C(=O)O)CCN(C(=O)Cc2cccc(F)c2F)C1. The van der Waals surface area contributed by atoms with Crippen LogP contribution >= 0.6 is 0 Å². The fourth-order valence-corrected chi connectivity index (χ4v) is 2.18. The number of hydrogen-bond donors (Lipinski definition) is 2. The number of halogens is 2. The minimum atomic E-state index is -1.46.